The lowest BCUT2D eigenvalue weighted by Gasteiger charge is -2.16. The molecule has 3 heteroatoms. The third kappa shape index (κ3) is 24.0. The molecule has 3 N–H and O–H groups in total. The molecule has 236 valence electrons. The summed E-state index contributed by atoms with van der Waals surface area (Å²) in [5, 5.41) is 30.0. The van der Waals surface area contributed by atoms with Crippen LogP contribution in [0.4, 0.5) is 0 Å². The second-order valence-corrected chi connectivity index (χ2v) is 12.2. The van der Waals surface area contributed by atoms with Gasteiger partial charge >= 0.3 is 0 Å². The Labute approximate surface area is 263 Å². The molecule has 0 rings (SSSR count). The summed E-state index contributed by atoms with van der Waals surface area (Å²) < 4.78 is 0. The Balaban J connectivity index is 4.81. The second kappa shape index (κ2) is 22.3. The molecule has 0 aromatic heterocycles. The predicted molar refractivity (Wildman–Crippen MR) is 190 cm³/mol. The maximum absolute atomic E-state index is 10.2. The standard InChI is InChI=1S/C40H58O3/c1-31(2)30-38(41)39(42)37(8)28-16-26-35(6)24-14-21-33(4)19-12-11-18-32(3)20-13-22-34(5)23-15-25-36(7)27-17-29-40(9,10)43/h11-16,18-26,28,30,38-39,41-43H,17,27,29H2,1-10H3/b12-11+,20-13+,21-14+,23-15+,26-16+,32-18+,33-19+,34-22+,35-24+,36-25+,37-28+. The summed E-state index contributed by atoms with van der Waals surface area (Å²) in [6.07, 6.45) is 35.3. The molecule has 0 saturated carbocycles. The van der Waals surface area contributed by atoms with Crippen molar-refractivity contribution in [3.8, 4) is 0 Å². The van der Waals surface area contributed by atoms with Crippen molar-refractivity contribution in [3.63, 3.8) is 0 Å². The van der Waals surface area contributed by atoms with Crippen molar-refractivity contribution in [2.24, 2.45) is 0 Å². The van der Waals surface area contributed by atoms with E-state index >= 15 is 0 Å². The Morgan fingerprint density at radius 1 is 0.581 bits per heavy atom. The number of hydrogen-bond donors (Lipinski definition) is 3. The monoisotopic (exact) mass is 586 g/mol. The second-order valence-electron chi connectivity index (χ2n) is 12.2. The highest BCUT2D eigenvalue weighted by Gasteiger charge is 2.14. The molecule has 0 radical (unpaired) electrons. The van der Waals surface area contributed by atoms with E-state index in [1.165, 1.54) is 16.7 Å². The maximum Gasteiger partial charge on any atom is 0.105 e. The van der Waals surface area contributed by atoms with Gasteiger partial charge in [0.1, 0.15) is 12.2 Å². The van der Waals surface area contributed by atoms with Crippen molar-refractivity contribution in [1.82, 2.24) is 0 Å². The summed E-state index contributed by atoms with van der Waals surface area (Å²) in [7, 11) is 0. The molecule has 2 atom stereocenters. The van der Waals surface area contributed by atoms with E-state index in [0.29, 0.717) is 5.57 Å². The van der Waals surface area contributed by atoms with Crippen molar-refractivity contribution in [3.05, 3.63) is 142 Å². The van der Waals surface area contributed by atoms with E-state index in [4.69, 9.17) is 0 Å². The summed E-state index contributed by atoms with van der Waals surface area (Å²) in [6.45, 7) is 19.7. The fourth-order valence-corrected chi connectivity index (χ4v) is 3.74. The first-order valence-corrected chi connectivity index (χ1v) is 15.2. The van der Waals surface area contributed by atoms with Crippen LogP contribution in [-0.4, -0.2) is 33.1 Å². The first-order valence-electron chi connectivity index (χ1n) is 15.2. The van der Waals surface area contributed by atoms with E-state index in [0.717, 1.165) is 36.0 Å². The zero-order chi connectivity index (χ0) is 32.8. The van der Waals surface area contributed by atoms with Crippen LogP contribution in [-0.2, 0) is 0 Å². The van der Waals surface area contributed by atoms with E-state index in [1.54, 1.807) is 6.08 Å². The quantitative estimate of drug-likeness (QED) is 0.117. The first-order chi connectivity index (χ1) is 20.1. The van der Waals surface area contributed by atoms with E-state index in [-0.39, 0.29) is 0 Å². The topological polar surface area (TPSA) is 60.7 Å². The third-order valence-electron chi connectivity index (χ3n) is 6.38. The fraction of sp³-hybridized carbons (Fsp3) is 0.400. The lowest BCUT2D eigenvalue weighted by molar-refractivity contribution is 0.0689. The lowest BCUT2D eigenvalue weighted by atomic mass is 9.99. The third-order valence-corrected chi connectivity index (χ3v) is 6.38. The average molecular weight is 587 g/mol. The number of rotatable bonds is 17. The zero-order valence-corrected chi connectivity index (χ0v) is 28.4. The number of hydrogen-bond acceptors (Lipinski definition) is 3. The van der Waals surface area contributed by atoms with Gasteiger partial charge in [-0.2, -0.15) is 0 Å². The molecule has 0 aromatic carbocycles. The van der Waals surface area contributed by atoms with Crippen LogP contribution >= 0.6 is 0 Å². The molecule has 0 spiro atoms. The van der Waals surface area contributed by atoms with Gasteiger partial charge in [-0.25, -0.2) is 0 Å². The van der Waals surface area contributed by atoms with E-state index < -0.39 is 17.8 Å². The van der Waals surface area contributed by atoms with Crippen LogP contribution < -0.4 is 0 Å². The molecule has 0 aromatic rings. The Morgan fingerprint density at radius 3 is 1.40 bits per heavy atom. The van der Waals surface area contributed by atoms with E-state index in [9.17, 15) is 15.3 Å². The molecular formula is C40H58O3. The minimum Gasteiger partial charge on any atom is -0.390 e. The Kier molecular flexibility index (Phi) is 20.6. The molecule has 0 bridgehead atoms. The van der Waals surface area contributed by atoms with Crippen LogP contribution in [0.2, 0.25) is 0 Å². The number of aliphatic hydroxyl groups excluding tert-OH is 2. The predicted octanol–water partition coefficient (Wildman–Crippen LogP) is 10.1. The Bertz CT molecular complexity index is 1200. The molecule has 0 heterocycles. The van der Waals surface area contributed by atoms with Gasteiger partial charge in [0.05, 0.1) is 5.60 Å². The number of allylic oxidation sites excluding steroid dienone is 22. The molecule has 0 aliphatic rings. The summed E-state index contributed by atoms with van der Waals surface area (Å²) >= 11 is 0. The van der Waals surface area contributed by atoms with Crippen LogP contribution in [0, 0.1) is 0 Å². The smallest absolute Gasteiger partial charge is 0.105 e. The first kappa shape index (κ1) is 39.8. The lowest BCUT2D eigenvalue weighted by Crippen LogP contribution is -2.25. The molecule has 0 amide bonds. The van der Waals surface area contributed by atoms with Crippen LogP contribution in [0.3, 0.4) is 0 Å². The van der Waals surface area contributed by atoms with Crippen molar-refractivity contribution >= 4 is 0 Å². The number of aliphatic hydroxyl groups is 3. The highest BCUT2D eigenvalue weighted by atomic mass is 16.3. The van der Waals surface area contributed by atoms with Crippen LogP contribution in [0.25, 0.3) is 0 Å². The van der Waals surface area contributed by atoms with Gasteiger partial charge in [0.25, 0.3) is 0 Å². The SMILES string of the molecule is CC(C)=CC(O)C(O)/C(C)=C/C=C/C(C)=C/C=C/C(C)=C/C=C/C=C(C)/C=C/C=C(C)/C=C/C=C(\C)CCCC(C)(C)O. The minimum atomic E-state index is -0.910. The largest absolute Gasteiger partial charge is 0.390 e. The summed E-state index contributed by atoms with van der Waals surface area (Å²) in [5.41, 5.74) is 7.00. The van der Waals surface area contributed by atoms with Crippen LogP contribution in [0.1, 0.15) is 88.5 Å². The van der Waals surface area contributed by atoms with Crippen molar-refractivity contribution in [2.45, 2.75) is 106 Å². The molecule has 0 aliphatic carbocycles. The van der Waals surface area contributed by atoms with Gasteiger partial charge in [-0.3, -0.25) is 0 Å². The van der Waals surface area contributed by atoms with Gasteiger partial charge in [-0.05, 0) is 94.1 Å². The molecule has 3 nitrogen and oxygen atoms in total. The molecule has 2 unspecified atom stereocenters. The van der Waals surface area contributed by atoms with Gasteiger partial charge in [-0.1, -0.05) is 137 Å². The van der Waals surface area contributed by atoms with Crippen molar-refractivity contribution in [2.75, 3.05) is 0 Å². The van der Waals surface area contributed by atoms with Gasteiger partial charge in [0.15, 0.2) is 0 Å². The molecular weight excluding hydrogens is 528 g/mol. The van der Waals surface area contributed by atoms with Crippen LogP contribution in [0.15, 0.2) is 142 Å². The van der Waals surface area contributed by atoms with Gasteiger partial charge in [-0.15, -0.1) is 0 Å². The molecule has 0 aliphatic heterocycles. The molecule has 0 saturated heterocycles. The normalized spacial score (nSPS) is 17.0. The summed E-state index contributed by atoms with van der Waals surface area (Å²) in [6, 6.07) is 0. The van der Waals surface area contributed by atoms with Crippen molar-refractivity contribution < 1.29 is 15.3 Å². The maximum atomic E-state index is 10.2. The fourth-order valence-electron chi connectivity index (χ4n) is 3.74. The highest BCUT2D eigenvalue weighted by Crippen LogP contribution is 2.15. The van der Waals surface area contributed by atoms with Gasteiger partial charge in [0, 0.05) is 0 Å². The van der Waals surface area contributed by atoms with Crippen molar-refractivity contribution in [1.29, 1.82) is 0 Å². The Hall–Kier alpha value is -3.24. The minimum absolute atomic E-state index is 0.586. The van der Waals surface area contributed by atoms with Gasteiger partial charge < -0.3 is 15.3 Å². The van der Waals surface area contributed by atoms with E-state index in [2.05, 4.69) is 82.4 Å². The average Bonchev–Trinajstić information content (AvgIpc) is 2.89. The van der Waals surface area contributed by atoms with Gasteiger partial charge in [0.2, 0.25) is 0 Å². The van der Waals surface area contributed by atoms with E-state index in [1.807, 2.05) is 84.1 Å². The molecule has 43 heavy (non-hydrogen) atoms. The highest BCUT2D eigenvalue weighted by molar-refractivity contribution is 5.33. The zero-order valence-electron chi connectivity index (χ0n) is 28.4. The summed E-state index contributed by atoms with van der Waals surface area (Å²) in [4.78, 5) is 0. The Morgan fingerprint density at radius 2 is 0.977 bits per heavy atom. The van der Waals surface area contributed by atoms with Crippen LogP contribution in [0.5, 0.6) is 0 Å². The summed E-state index contributed by atoms with van der Waals surface area (Å²) in [5.74, 6) is 0. The molecule has 0 fully saturated rings.